The molecule has 0 spiro atoms. The molecule has 0 fully saturated rings. The molecule has 22 heavy (non-hydrogen) atoms. The van der Waals surface area contributed by atoms with Gasteiger partial charge in [0.15, 0.2) is 17.4 Å². The molecule has 1 aromatic heterocycles. The average Bonchev–Trinajstić information content (AvgIpc) is 2.92. The Morgan fingerprint density at radius 1 is 1.23 bits per heavy atom. The van der Waals surface area contributed by atoms with Crippen LogP contribution in [0.15, 0.2) is 16.7 Å². The molecule has 120 valence electrons. The van der Waals surface area contributed by atoms with E-state index in [4.69, 9.17) is 18.6 Å². The second kappa shape index (κ2) is 4.98. The Morgan fingerprint density at radius 3 is 2.50 bits per heavy atom. The maximum absolute atomic E-state index is 12.9. The largest absolute Gasteiger partial charge is 0.495 e. The van der Waals surface area contributed by atoms with E-state index in [1.807, 2.05) is 0 Å². The van der Waals surface area contributed by atoms with Crippen molar-refractivity contribution < 1.29 is 36.9 Å². The normalized spacial score (nSPS) is 21.4. The smallest absolute Gasteiger partial charge is 0.425 e. The zero-order valence-corrected chi connectivity index (χ0v) is 11.7. The van der Waals surface area contributed by atoms with Crippen LogP contribution in [0.5, 0.6) is 17.2 Å². The van der Waals surface area contributed by atoms with Crippen molar-refractivity contribution in [1.29, 1.82) is 0 Å². The van der Waals surface area contributed by atoms with Gasteiger partial charge in [-0.15, -0.1) is 0 Å². The third-order valence-electron chi connectivity index (χ3n) is 3.62. The minimum Gasteiger partial charge on any atom is -0.495 e. The van der Waals surface area contributed by atoms with Gasteiger partial charge in [0.05, 0.1) is 37.5 Å². The molecule has 0 saturated carbocycles. The van der Waals surface area contributed by atoms with Crippen molar-refractivity contribution in [1.82, 2.24) is 0 Å². The summed E-state index contributed by atoms with van der Waals surface area (Å²) in [6.07, 6.45) is -7.37. The highest BCUT2D eigenvalue weighted by Gasteiger charge is 2.48. The van der Waals surface area contributed by atoms with E-state index in [0.29, 0.717) is 5.39 Å². The Bertz CT molecular complexity index is 707. The molecule has 2 heterocycles. The fourth-order valence-electron chi connectivity index (χ4n) is 2.67. The van der Waals surface area contributed by atoms with Crippen LogP contribution >= 0.6 is 0 Å². The molecule has 1 aliphatic rings. The van der Waals surface area contributed by atoms with Crippen molar-refractivity contribution in [2.45, 2.75) is 24.8 Å². The predicted molar refractivity (Wildman–Crippen MR) is 69.4 cm³/mol. The van der Waals surface area contributed by atoms with E-state index in [1.54, 1.807) is 6.07 Å². The lowest BCUT2D eigenvalue weighted by Crippen LogP contribution is -2.39. The summed E-state index contributed by atoms with van der Waals surface area (Å²) in [7, 11) is 2.65. The van der Waals surface area contributed by atoms with Crippen LogP contribution in [-0.4, -0.2) is 31.6 Å². The number of hydrogen-bond acceptors (Lipinski definition) is 5. The van der Waals surface area contributed by atoms with Gasteiger partial charge < -0.3 is 23.7 Å². The molecular weight excluding hydrogens is 305 g/mol. The second-order valence-electron chi connectivity index (χ2n) is 4.87. The van der Waals surface area contributed by atoms with Gasteiger partial charge in [-0.25, -0.2) is 0 Å². The fourth-order valence-corrected chi connectivity index (χ4v) is 2.67. The van der Waals surface area contributed by atoms with Crippen LogP contribution in [-0.2, 0) is 0 Å². The van der Waals surface area contributed by atoms with Crippen LogP contribution in [0, 0.1) is 0 Å². The van der Waals surface area contributed by atoms with E-state index >= 15 is 0 Å². The Balaban J connectivity index is 2.28. The maximum atomic E-state index is 12.9. The highest BCUT2D eigenvalue weighted by Crippen LogP contribution is 2.53. The molecule has 1 aromatic carbocycles. The van der Waals surface area contributed by atoms with Crippen LogP contribution < -0.4 is 14.2 Å². The lowest BCUT2D eigenvalue weighted by molar-refractivity contribution is -0.207. The summed E-state index contributed by atoms with van der Waals surface area (Å²) in [6, 6.07) is 1.58. The summed E-state index contributed by atoms with van der Waals surface area (Å²) in [4.78, 5) is 0. The highest BCUT2D eigenvalue weighted by molar-refractivity contribution is 5.94. The van der Waals surface area contributed by atoms with Crippen LogP contribution in [0.25, 0.3) is 11.0 Å². The molecule has 5 nitrogen and oxygen atoms in total. The van der Waals surface area contributed by atoms with Crippen LogP contribution in [0.3, 0.4) is 0 Å². The maximum Gasteiger partial charge on any atom is 0.425 e. The predicted octanol–water partition coefficient (Wildman–Crippen LogP) is 3.20. The molecular formula is C14H13F3O5. The fraction of sp³-hybridized carbons (Fsp3) is 0.429. The summed E-state index contributed by atoms with van der Waals surface area (Å²) in [5.74, 6) is 0.0133. The molecule has 2 aromatic rings. The van der Waals surface area contributed by atoms with Gasteiger partial charge >= 0.3 is 6.18 Å². The van der Waals surface area contributed by atoms with E-state index in [-0.39, 0.29) is 28.4 Å². The van der Waals surface area contributed by atoms with E-state index in [9.17, 15) is 18.3 Å². The Hall–Kier alpha value is -2.09. The number of rotatable bonds is 2. The zero-order chi connectivity index (χ0) is 16.1. The Morgan fingerprint density at radius 2 is 1.91 bits per heavy atom. The first kappa shape index (κ1) is 14.8. The molecule has 0 unspecified atom stereocenters. The molecule has 8 heteroatoms. The van der Waals surface area contributed by atoms with Gasteiger partial charge in [-0.2, -0.15) is 13.2 Å². The number of fused-ring (bicyclic) bond motifs is 2. The minimum atomic E-state index is -4.60. The molecule has 1 aliphatic heterocycles. The molecule has 1 N–H and O–H groups in total. The van der Waals surface area contributed by atoms with Crippen molar-refractivity contribution in [3.63, 3.8) is 0 Å². The molecule has 3 rings (SSSR count). The average molecular weight is 318 g/mol. The molecule has 0 bridgehead atoms. The lowest BCUT2D eigenvalue weighted by Gasteiger charge is -2.32. The van der Waals surface area contributed by atoms with Crippen molar-refractivity contribution in [3.05, 3.63) is 17.9 Å². The van der Waals surface area contributed by atoms with E-state index in [2.05, 4.69) is 0 Å². The Labute approximate surface area is 123 Å². The van der Waals surface area contributed by atoms with Gasteiger partial charge in [0.25, 0.3) is 0 Å². The second-order valence-corrected chi connectivity index (χ2v) is 4.87. The molecule has 0 aliphatic carbocycles. The summed E-state index contributed by atoms with van der Waals surface area (Å²) in [6.45, 7) is 0. The first-order valence-electron chi connectivity index (χ1n) is 6.45. The van der Waals surface area contributed by atoms with Gasteiger partial charge in [0.2, 0.25) is 5.75 Å². The van der Waals surface area contributed by atoms with E-state index in [1.165, 1.54) is 20.5 Å². The third kappa shape index (κ3) is 2.06. The Kier molecular flexibility index (Phi) is 3.36. The monoisotopic (exact) mass is 318 g/mol. The summed E-state index contributed by atoms with van der Waals surface area (Å²) in [5.41, 5.74) is 0.335. The zero-order valence-electron chi connectivity index (χ0n) is 11.7. The van der Waals surface area contributed by atoms with Gasteiger partial charge in [-0.05, 0) is 6.07 Å². The van der Waals surface area contributed by atoms with E-state index in [0.717, 1.165) is 0 Å². The first-order chi connectivity index (χ1) is 10.4. The van der Waals surface area contributed by atoms with Crippen molar-refractivity contribution >= 4 is 11.0 Å². The lowest BCUT2D eigenvalue weighted by atomic mass is 9.95. The quantitative estimate of drug-likeness (QED) is 0.921. The van der Waals surface area contributed by atoms with Crippen LogP contribution in [0.1, 0.15) is 18.1 Å². The van der Waals surface area contributed by atoms with Gasteiger partial charge in [0.1, 0.15) is 5.75 Å². The number of methoxy groups -OCH3 is 2. The molecule has 2 atom stereocenters. The topological polar surface area (TPSA) is 61.1 Å². The number of halogens is 3. The number of hydrogen-bond donors (Lipinski definition) is 1. The van der Waals surface area contributed by atoms with Gasteiger partial charge in [-0.1, -0.05) is 0 Å². The number of alkyl halides is 3. The minimum absolute atomic E-state index is 0.00352. The van der Waals surface area contributed by atoms with Crippen LogP contribution in [0.4, 0.5) is 13.2 Å². The van der Waals surface area contributed by atoms with E-state index < -0.39 is 24.8 Å². The number of aliphatic hydroxyl groups excluding tert-OH is 1. The number of aliphatic hydroxyl groups is 1. The van der Waals surface area contributed by atoms with Gasteiger partial charge in [-0.3, -0.25) is 0 Å². The molecule has 0 amide bonds. The summed E-state index contributed by atoms with van der Waals surface area (Å²) >= 11 is 0. The van der Waals surface area contributed by atoms with Crippen LogP contribution in [0.2, 0.25) is 0 Å². The number of furan rings is 1. The number of ether oxygens (including phenoxy) is 3. The third-order valence-corrected chi connectivity index (χ3v) is 3.62. The van der Waals surface area contributed by atoms with Crippen molar-refractivity contribution in [2.24, 2.45) is 0 Å². The summed E-state index contributed by atoms with van der Waals surface area (Å²) in [5, 5.41) is 10.7. The molecule has 0 radical (unpaired) electrons. The van der Waals surface area contributed by atoms with Crippen molar-refractivity contribution in [2.75, 3.05) is 14.2 Å². The molecule has 0 saturated heterocycles. The number of benzene rings is 1. The highest BCUT2D eigenvalue weighted by atomic mass is 19.4. The standard InChI is InChI=1S/C14H13F3O5/c1-19-10-6-3-4-21-11(6)13(20-2)12-9(10)7(18)5-8(22-12)14(15,16)17/h3-4,7-8,18H,5H2,1-2H3/t7-,8-/m1/s1. The SMILES string of the molecule is COc1c2c(c(OC)c3occc13)O[C@@H](C(F)(F)F)C[C@H]2O. The first-order valence-corrected chi connectivity index (χ1v) is 6.45. The van der Waals surface area contributed by atoms with Gasteiger partial charge in [0, 0.05) is 6.42 Å². The van der Waals surface area contributed by atoms with Crippen molar-refractivity contribution in [3.8, 4) is 17.2 Å². The summed E-state index contributed by atoms with van der Waals surface area (Å²) < 4.78 is 59.5.